The minimum absolute atomic E-state index is 0.266. The van der Waals surface area contributed by atoms with Gasteiger partial charge in [0.15, 0.2) is 0 Å². The van der Waals surface area contributed by atoms with Crippen molar-refractivity contribution in [2.75, 3.05) is 33.3 Å². The number of benzene rings is 2. The Morgan fingerprint density at radius 3 is 2.61 bits per heavy atom. The van der Waals surface area contributed by atoms with Gasteiger partial charge in [-0.15, -0.1) is 11.3 Å². The number of methoxy groups -OCH3 is 1. The Morgan fingerprint density at radius 2 is 1.93 bits per heavy atom. The van der Waals surface area contributed by atoms with Gasteiger partial charge in [0.1, 0.15) is 22.3 Å². The summed E-state index contributed by atoms with van der Waals surface area (Å²) < 4.78 is 32.7. The van der Waals surface area contributed by atoms with E-state index in [0.29, 0.717) is 36.9 Å². The maximum absolute atomic E-state index is 12.7. The Labute approximate surface area is 168 Å². The van der Waals surface area contributed by atoms with Crippen LogP contribution in [0.4, 0.5) is 0 Å². The maximum atomic E-state index is 12.7. The number of sulfonamides is 1. The average molecular weight is 420 g/mol. The lowest BCUT2D eigenvalue weighted by molar-refractivity contribution is -0.917. The molecule has 0 amide bonds. The number of rotatable bonds is 5. The molecular weight excluding hydrogens is 396 g/mol. The molecule has 0 saturated carbocycles. The molecule has 0 radical (unpaired) electrons. The first kappa shape index (κ1) is 19.2. The second-order valence-corrected chi connectivity index (χ2v) is 10.0. The predicted octanol–water partition coefficient (Wildman–Crippen LogP) is 1.70. The zero-order valence-electron chi connectivity index (χ0n) is 15.6. The highest BCUT2D eigenvalue weighted by Gasteiger charge is 2.31. The highest BCUT2D eigenvalue weighted by atomic mass is 32.2. The van der Waals surface area contributed by atoms with Gasteiger partial charge in [0.2, 0.25) is 0 Å². The Balaban J connectivity index is 1.52. The van der Waals surface area contributed by atoms with Crippen LogP contribution in [0, 0.1) is 0 Å². The molecule has 1 aliphatic heterocycles. The number of aromatic hydroxyl groups is 1. The lowest BCUT2D eigenvalue weighted by Crippen LogP contribution is -3.13. The van der Waals surface area contributed by atoms with Crippen LogP contribution < -0.4 is 9.64 Å². The normalized spacial score (nSPS) is 16.5. The second kappa shape index (κ2) is 7.71. The summed E-state index contributed by atoms with van der Waals surface area (Å²) >= 11 is 1.25. The third-order valence-electron chi connectivity index (χ3n) is 5.26. The number of hydrogen-bond donors (Lipinski definition) is 2. The minimum atomic E-state index is -3.39. The molecule has 3 aromatic rings. The van der Waals surface area contributed by atoms with Gasteiger partial charge in [0.25, 0.3) is 10.0 Å². The Bertz CT molecular complexity index is 1070. The number of phenols is 1. The molecule has 2 N–H and O–H groups in total. The summed E-state index contributed by atoms with van der Waals surface area (Å²) in [5.74, 6) is 1.02. The van der Waals surface area contributed by atoms with Crippen LogP contribution >= 0.6 is 11.3 Å². The standard InChI is InChI=1S/C20H22N2O4S2/c1-26-16-6-4-15-5-7-19(23)18(17(15)13-16)14-21-8-10-22(11-9-21)28(24,25)20-3-2-12-27-20/h2-7,12-13,23H,8-11,14H2,1H3/p+1. The summed E-state index contributed by atoms with van der Waals surface area (Å²) in [6.07, 6.45) is 0. The Hall–Kier alpha value is -2.13. The molecule has 0 spiro atoms. The van der Waals surface area contributed by atoms with Gasteiger partial charge in [-0.25, -0.2) is 8.42 Å². The van der Waals surface area contributed by atoms with Crippen LogP contribution in [-0.4, -0.2) is 51.1 Å². The van der Waals surface area contributed by atoms with Crippen molar-refractivity contribution in [3.8, 4) is 11.5 Å². The monoisotopic (exact) mass is 419 g/mol. The molecule has 148 valence electrons. The average Bonchev–Trinajstić information content (AvgIpc) is 3.26. The molecule has 0 atom stereocenters. The third kappa shape index (κ3) is 3.60. The van der Waals surface area contributed by atoms with Crippen LogP contribution in [0.5, 0.6) is 11.5 Å². The third-order valence-corrected chi connectivity index (χ3v) is 8.53. The topological polar surface area (TPSA) is 71.3 Å². The van der Waals surface area contributed by atoms with Crippen molar-refractivity contribution in [3.05, 3.63) is 53.4 Å². The molecule has 0 bridgehead atoms. The number of hydrogen-bond acceptors (Lipinski definition) is 5. The Kier molecular flexibility index (Phi) is 5.29. The van der Waals surface area contributed by atoms with Gasteiger partial charge in [0, 0.05) is 0 Å². The second-order valence-electron chi connectivity index (χ2n) is 6.91. The molecule has 1 aromatic heterocycles. The van der Waals surface area contributed by atoms with E-state index in [2.05, 4.69) is 0 Å². The highest BCUT2D eigenvalue weighted by molar-refractivity contribution is 7.91. The first-order valence-corrected chi connectivity index (χ1v) is 11.5. The van der Waals surface area contributed by atoms with Crippen molar-refractivity contribution in [2.45, 2.75) is 10.8 Å². The fourth-order valence-corrected chi connectivity index (χ4v) is 6.26. The molecule has 4 rings (SSSR count). The summed E-state index contributed by atoms with van der Waals surface area (Å²) in [5.41, 5.74) is 0.876. The summed E-state index contributed by atoms with van der Waals surface area (Å²) in [4.78, 5) is 1.25. The van der Waals surface area contributed by atoms with E-state index < -0.39 is 10.0 Å². The fourth-order valence-electron chi connectivity index (χ4n) is 3.67. The lowest BCUT2D eigenvalue weighted by Gasteiger charge is -2.31. The first-order valence-electron chi connectivity index (χ1n) is 9.15. The molecule has 2 aromatic carbocycles. The number of piperazine rings is 1. The number of nitrogens with zero attached hydrogens (tertiary/aromatic N) is 1. The number of phenolic OH excluding ortho intramolecular Hbond substituents is 1. The van der Waals surface area contributed by atoms with E-state index in [0.717, 1.165) is 22.1 Å². The maximum Gasteiger partial charge on any atom is 0.252 e. The summed E-state index contributed by atoms with van der Waals surface area (Å²) in [5, 5.41) is 14.3. The van der Waals surface area contributed by atoms with Crippen LogP contribution in [0.2, 0.25) is 0 Å². The highest BCUT2D eigenvalue weighted by Crippen LogP contribution is 2.29. The largest absolute Gasteiger partial charge is 0.507 e. The molecule has 1 aliphatic rings. The summed E-state index contributed by atoms with van der Waals surface area (Å²) in [6.45, 7) is 2.99. The van der Waals surface area contributed by atoms with Crippen LogP contribution in [0.15, 0.2) is 52.1 Å². The number of ether oxygens (including phenoxy) is 1. The SMILES string of the molecule is COc1ccc2ccc(O)c(C[NH+]3CCN(S(=O)(=O)c4cccs4)CC3)c2c1. The van der Waals surface area contributed by atoms with Crippen LogP contribution in [-0.2, 0) is 16.6 Å². The van der Waals surface area contributed by atoms with E-state index in [9.17, 15) is 13.5 Å². The van der Waals surface area contributed by atoms with Gasteiger partial charge in [-0.3, -0.25) is 0 Å². The lowest BCUT2D eigenvalue weighted by atomic mass is 10.0. The molecule has 8 heteroatoms. The zero-order valence-corrected chi connectivity index (χ0v) is 17.2. The van der Waals surface area contributed by atoms with Gasteiger partial charge in [-0.05, 0) is 40.4 Å². The Morgan fingerprint density at radius 1 is 1.18 bits per heavy atom. The van der Waals surface area contributed by atoms with Crippen molar-refractivity contribution in [1.29, 1.82) is 0 Å². The van der Waals surface area contributed by atoms with Crippen molar-refractivity contribution in [3.63, 3.8) is 0 Å². The van der Waals surface area contributed by atoms with Gasteiger partial charge < -0.3 is 14.7 Å². The van der Waals surface area contributed by atoms with E-state index in [1.165, 1.54) is 16.2 Å². The number of nitrogens with one attached hydrogen (secondary N) is 1. The first-order chi connectivity index (χ1) is 13.5. The smallest absolute Gasteiger partial charge is 0.252 e. The summed E-state index contributed by atoms with van der Waals surface area (Å²) in [7, 11) is -1.77. The van der Waals surface area contributed by atoms with Crippen LogP contribution in [0.1, 0.15) is 5.56 Å². The van der Waals surface area contributed by atoms with Gasteiger partial charge in [-0.1, -0.05) is 18.2 Å². The number of thiophene rings is 1. The van der Waals surface area contributed by atoms with E-state index in [-0.39, 0.29) is 5.75 Å². The molecule has 2 heterocycles. The van der Waals surface area contributed by atoms with Gasteiger partial charge in [-0.2, -0.15) is 4.31 Å². The molecular formula is C20H23N2O4S2+. The number of quaternary nitrogens is 1. The van der Waals surface area contributed by atoms with E-state index in [4.69, 9.17) is 4.74 Å². The summed E-state index contributed by atoms with van der Waals surface area (Å²) in [6, 6.07) is 12.9. The molecule has 6 nitrogen and oxygen atoms in total. The predicted molar refractivity (Wildman–Crippen MR) is 110 cm³/mol. The van der Waals surface area contributed by atoms with Crippen molar-refractivity contribution in [2.24, 2.45) is 0 Å². The van der Waals surface area contributed by atoms with Crippen LogP contribution in [0.3, 0.4) is 0 Å². The van der Waals surface area contributed by atoms with Gasteiger partial charge in [0.05, 0.1) is 38.9 Å². The van der Waals surface area contributed by atoms with E-state index in [1.54, 1.807) is 35.0 Å². The molecule has 1 fully saturated rings. The minimum Gasteiger partial charge on any atom is -0.507 e. The molecule has 0 aliphatic carbocycles. The number of fused-ring (bicyclic) bond motifs is 1. The van der Waals surface area contributed by atoms with Gasteiger partial charge >= 0.3 is 0 Å². The van der Waals surface area contributed by atoms with Crippen LogP contribution in [0.25, 0.3) is 10.8 Å². The van der Waals surface area contributed by atoms with E-state index >= 15 is 0 Å². The molecule has 28 heavy (non-hydrogen) atoms. The molecule has 0 unspecified atom stereocenters. The molecule has 1 saturated heterocycles. The van der Waals surface area contributed by atoms with Crippen molar-refractivity contribution >= 4 is 32.1 Å². The van der Waals surface area contributed by atoms with Crippen molar-refractivity contribution in [1.82, 2.24) is 4.31 Å². The van der Waals surface area contributed by atoms with E-state index in [1.807, 2.05) is 24.3 Å². The zero-order chi connectivity index (χ0) is 19.7. The quantitative estimate of drug-likeness (QED) is 0.661. The fraction of sp³-hybridized carbons (Fsp3) is 0.300. The van der Waals surface area contributed by atoms with Crippen molar-refractivity contribution < 1.29 is 23.2 Å².